The summed E-state index contributed by atoms with van der Waals surface area (Å²) in [4.78, 5) is 9.40. The molecule has 0 unspecified atom stereocenters. The van der Waals surface area contributed by atoms with E-state index in [9.17, 15) is 4.79 Å². The topological polar surface area (TPSA) is 17.1 Å². The van der Waals surface area contributed by atoms with Crippen LogP contribution in [0.1, 0.15) is 21.2 Å². The number of hydrogen-bond donors (Lipinski definition) is 0. The van der Waals surface area contributed by atoms with Crippen LogP contribution in [-0.4, -0.2) is 6.29 Å². The van der Waals surface area contributed by atoms with E-state index in [0.29, 0.717) is 6.42 Å². The van der Waals surface area contributed by atoms with Crippen molar-refractivity contribution in [2.24, 2.45) is 0 Å². The number of carbonyl (C=O) groups is 1. The van der Waals surface area contributed by atoms with E-state index < -0.39 is 0 Å². The second-order valence-electron chi connectivity index (χ2n) is 0.955. The van der Waals surface area contributed by atoms with Gasteiger partial charge < -0.3 is 6.22 Å². The van der Waals surface area contributed by atoms with Crippen LogP contribution in [0.15, 0.2) is 0 Å². The average molecular weight is 80.1 g/mol. The van der Waals surface area contributed by atoms with E-state index in [0.717, 1.165) is 12.7 Å². The van der Waals surface area contributed by atoms with E-state index in [4.69, 9.17) is 0 Å². The Labute approximate surface area is 51.8 Å². The minimum atomic E-state index is 0. The normalized spacial score (nSPS) is 6.17. The Morgan fingerprint density at radius 2 is 2.33 bits per heavy atom. The van der Waals surface area contributed by atoms with Gasteiger partial charge in [0.25, 0.3) is 0 Å². The van der Waals surface area contributed by atoms with E-state index in [1.165, 1.54) is 0 Å². The van der Waals surface area contributed by atoms with Gasteiger partial charge in [-0.1, -0.05) is 6.92 Å². The first kappa shape index (κ1) is 9.55. The van der Waals surface area contributed by atoms with Gasteiger partial charge in [0.05, 0.1) is 0 Å². The average Bonchev–Trinajstić information content (AvgIpc) is 1.41. The summed E-state index contributed by atoms with van der Waals surface area (Å²) in [6, 6.07) is 0. The second kappa shape index (κ2) is 8.99. The summed E-state index contributed by atoms with van der Waals surface area (Å²) in [5.41, 5.74) is 0. The molecular weight excluding hydrogens is 71.0 g/mol. The third-order valence-electron chi connectivity index (χ3n) is 0.407. The number of rotatable bonds is 2. The molecule has 2 heteroatoms. The van der Waals surface area contributed by atoms with Crippen LogP contribution in [-0.2, 0) is 4.79 Å². The number of unbranched alkanes of at least 4 members (excludes halogenated alkanes) is 1. The fourth-order valence-electron chi connectivity index (χ4n) is 0.118. The molecule has 0 fully saturated rings. The SMILES string of the molecule is CCCC=O.[H-].[Li+]. The predicted octanol–water partition coefficient (Wildman–Crippen LogP) is -1.90. The molecule has 0 N–H and O–H groups in total. The maximum atomic E-state index is 9.40. The van der Waals surface area contributed by atoms with Crippen molar-refractivity contribution in [1.29, 1.82) is 0 Å². The van der Waals surface area contributed by atoms with Gasteiger partial charge in [-0.2, -0.15) is 0 Å². The Bertz CT molecular complexity index is 32.9. The van der Waals surface area contributed by atoms with Crippen molar-refractivity contribution < 1.29 is 25.1 Å². The van der Waals surface area contributed by atoms with Crippen LogP contribution in [0.5, 0.6) is 0 Å². The summed E-state index contributed by atoms with van der Waals surface area (Å²) in [6.45, 7) is 1.98. The molecule has 0 radical (unpaired) electrons. The molecule has 0 rings (SSSR count). The molecule has 0 amide bonds. The van der Waals surface area contributed by atoms with Crippen molar-refractivity contribution >= 4 is 6.29 Å². The van der Waals surface area contributed by atoms with E-state index >= 15 is 0 Å². The number of hydrogen-bond acceptors (Lipinski definition) is 1. The minimum absolute atomic E-state index is 0. The molecule has 0 aromatic rings. The monoisotopic (exact) mass is 80.1 g/mol. The Balaban J connectivity index is -0.0000000800. The minimum Gasteiger partial charge on any atom is -1.00 e. The van der Waals surface area contributed by atoms with Crippen LogP contribution in [0.4, 0.5) is 0 Å². The molecule has 0 saturated carbocycles. The summed E-state index contributed by atoms with van der Waals surface area (Å²) in [5.74, 6) is 0. The Morgan fingerprint density at radius 1 is 1.83 bits per heavy atom. The Hall–Kier alpha value is 0.267. The van der Waals surface area contributed by atoms with E-state index in [-0.39, 0.29) is 20.3 Å². The molecule has 0 heterocycles. The standard InChI is InChI=1S/C4H8O.Li.H/c1-2-3-4-5;;/h4H,2-3H2,1H3;;/q;+1;-1. The van der Waals surface area contributed by atoms with Gasteiger partial charge in [0.2, 0.25) is 0 Å². The number of aldehydes is 1. The largest absolute Gasteiger partial charge is 1.00 e. The van der Waals surface area contributed by atoms with E-state index in [2.05, 4.69) is 0 Å². The van der Waals surface area contributed by atoms with Crippen molar-refractivity contribution in [3.05, 3.63) is 0 Å². The summed E-state index contributed by atoms with van der Waals surface area (Å²) in [6.07, 6.45) is 2.61. The van der Waals surface area contributed by atoms with Gasteiger partial charge in [0, 0.05) is 6.42 Å². The zero-order valence-electron chi connectivity index (χ0n) is 5.40. The van der Waals surface area contributed by atoms with E-state index in [1.54, 1.807) is 0 Å². The van der Waals surface area contributed by atoms with Gasteiger partial charge in [-0.25, -0.2) is 0 Å². The maximum absolute atomic E-state index is 9.40. The molecule has 1 nitrogen and oxygen atoms in total. The first-order valence-corrected chi connectivity index (χ1v) is 1.85. The Morgan fingerprint density at radius 3 is 2.33 bits per heavy atom. The van der Waals surface area contributed by atoms with Gasteiger partial charge in [-0.15, -0.1) is 0 Å². The maximum Gasteiger partial charge on any atom is 1.00 e. The molecule has 0 aliphatic heterocycles. The van der Waals surface area contributed by atoms with Crippen molar-refractivity contribution in [3.8, 4) is 0 Å². The molecule has 0 bridgehead atoms. The molecule has 0 aromatic carbocycles. The second-order valence-corrected chi connectivity index (χ2v) is 0.955. The van der Waals surface area contributed by atoms with Crippen molar-refractivity contribution in [3.63, 3.8) is 0 Å². The first-order chi connectivity index (χ1) is 2.41. The fourth-order valence-corrected chi connectivity index (χ4v) is 0.118. The van der Waals surface area contributed by atoms with Crippen molar-refractivity contribution in [2.75, 3.05) is 0 Å². The predicted molar refractivity (Wildman–Crippen MR) is 22.1 cm³/mol. The van der Waals surface area contributed by atoms with Crippen LogP contribution in [0.25, 0.3) is 0 Å². The molecule has 32 valence electrons. The van der Waals surface area contributed by atoms with Crippen LogP contribution < -0.4 is 18.9 Å². The Kier molecular flexibility index (Phi) is 14.3. The zero-order chi connectivity index (χ0) is 4.12. The van der Waals surface area contributed by atoms with Crippen LogP contribution in [0.3, 0.4) is 0 Å². The van der Waals surface area contributed by atoms with Crippen molar-refractivity contribution in [2.45, 2.75) is 19.8 Å². The van der Waals surface area contributed by atoms with Gasteiger partial charge in [0.1, 0.15) is 6.29 Å². The zero-order valence-corrected chi connectivity index (χ0v) is 4.40. The van der Waals surface area contributed by atoms with Gasteiger partial charge in [-0.3, -0.25) is 0 Å². The molecular formula is C4H9LiO. The molecule has 0 saturated heterocycles. The molecule has 0 atom stereocenters. The quantitative estimate of drug-likeness (QED) is 0.280. The number of carbonyl (C=O) groups excluding carboxylic acids is 1. The van der Waals surface area contributed by atoms with Gasteiger partial charge in [-0.05, 0) is 6.42 Å². The van der Waals surface area contributed by atoms with Gasteiger partial charge in [0.15, 0.2) is 0 Å². The third-order valence-corrected chi connectivity index (χ3v) is 0.407. The van der Waals surface area contributed by atoms with E-state index in [1.807, 2.05) is 6.92 Å². The van der Waals surface area contributed by atoms with Crippen LogP contribution in [0, 0.1) is 0 Å². The summed E-state index contributed by atoms with van der Waals surface area (Å²) in [7, 11) is 0. The molecule has 6 heavy (non-hydrogen) atoms. The van der Waals surface area contributed by atoms with Crippen LogP contribution >= 0.6 is 0 Å². The summed E-state index contributed by atoms with van der Waals surface area (Å²) >= 11 is 0. The summed E-state index contributed by atoms with van der Waals surface area (Å²) < 4.78 is 0. The van der Waals surface area contributed by atoms with Crippen molar-refractivity contribution in [1.82, 2.24) is 0 Å². The smallest absolute Gasteiger partial charge is 1.00 e. The molecule has 0 spiro atoms. The molecule has 0 aromatic heterocycles. The molecule has 0 aliphatic rings. The summed E-state index contributed by atoms with van der Waals surface area (Å²) in [5, 5.41) is 0. The third kappa shape index (κ3) is 8.86. The molecule has 0 aliphatic carbocycles. The van der Waals surface area contributed by atoms with Crippen LogP contribution in [0.2, 0.25) is 0 Å². The first-order valence-electron chi connectivity index (χ1n) is 1.85. The fraction of sp³-hybridized carbons (Fsp3) is 0.750. The van der Waals surface area contributed by atoms with Gasteiger partial charge >= 0.3 is 18.9 Å².